The third-order valence-corrected chi connectivity index (χ3v) is 6.96. The molecule has 2 aromatic rings. The number of allylic oxidation sites excluding steroid dienone is 1. The number of rotatable bonds is 6. The van der Waals surface area contributed by atoms with Crippen LogP contribution in [0.4, 0.5) is 0 Å². The summed E-state index contributed by atoms with van der Waals surface area (Å²) in [6.07, 6.45) is 2.84. The number of nitriles is 2. The van der Waals surface area contributed by atoms with E-state index in [1.807, 2.05) is 37.3 Å². The van der Waals surface area contributed by atoms with Crippen LogP contribution >= 0.6 is 11.8 Å². The molecule has 1 atom stereocenters. The maximum atomic E-state index is 13.1. The molecule has 4 rings (SSSR count). The maximum Gasteiger partial charge on any atom is 0.338 e. The summed E-state index contributed by atoms with van der Waals surface area (Å²) in [6, 6.07) is 13.8. The van der Waals surface area contributed by atoms with Crippen molar-refractivity contribution < 1.29 is 14.3 Å². The second-order valence-corrected chi connectivity index (χ2v) is 9.00. The predicted molar refractivity (Wildman–Crippen MR) is 127 cm³/mol. The van der Waals surface area contributed by atoms with Gasteiger partial charge in [-0.1, -0.05) is 36.0 Å². The number of thioether (sulfide) groups is 1. The highest BCUT2D eigenvalue weighted by Gasteiger charge is 2.38. The fourth-order valence-corrected chi connectivity index (χ4v) is 5.27. The molecule has 0 fully saturated rings. The molecule has 34 heavy (non-hydrogen) atoms. The van der Waals surface area contributed by atoms with Crippen molar-refractivity contribution in [3.8, 4) is 12.1 Å². The van der Waals surface area contributed by atoms with Crippen molar-refractivity contribution in [3.63, 3.8) is 0 Å². The van der Waals surface area contributed by atoms with E-state index in [4.69, 9.17) is 20.2 Å². The molecule has 0 bridgehead atoms. The molecule has 1 aromatic carbocycles. The van der Waals surface area contributed by atoms with Crippen molar-refractivity contribution in [2.45, 2.75) is 44.1 Å². The monoisotopic (exact) mass is 472 g/mol. The Labute approximate surface area is 202 Å². The summed E-state index contributed by atoms with van der Waals surface area (Å²) < 4.78 is 11.2. The lowest BCUT2D eigenvalue weighted by molar-refractivity contribution is -0.139. The average Bonchev–Trinajstić information content (AvgIpc) is 3.29. The second kappa shape index (κ2) is 10.0. The summed E-state index contributed by atoms with van der Waals surface area (Å²) in [7, 11) is 0. The van der Waals surface area contributed by atoms with E-state index in [9.17, 15) is 15.3 Å². The van der Waals surface area contributed by atoms with Crippen molar-refractivity contribution in [1.29, 1.82) is 10.5 Å². The highest BCUT2D eigenvalue weighted by Crippen LogP contribution is 2.42. The molecule has 1 aliphatic carbocycles. The number of ether oxygens (including phenoxy) is 2. The lowest BCUT2D eigenvalue weighted by Crippen LogP contribution is -2.27. The molecule has 0 saturated carbocycles. The Kier molecular flexibility index (Phi) is 6.90. The van der Waals surface area contributed by atoms with Crippen LogP contribution in [0.1, 0.15) is 47.2 Å². The van der Waals surface area contributed by atoms with Gasteiger partial charge >= 0.3 is 5.97 Å². The average molecular weight is 473 g/mol. The van der Waals surface area contributed by atoms with Gasteiger partial charge in [-0.2, -0.15) is 10.5 Å². The topological polar surface area (TPSA) is 122 Å². The Morgan fingerprint density at radius 1 is 1.29 bits per heavy atom. The third kappa shape index (κ3) is 4.37. The number of benzene rings is 1. The molecule has 7 nitrogen and oxygen atoms in total. The molecule has 0 saturated heterocycles. The first-order valence-electron chi connectivity index (χ1n) is 11.1. The third-order valence-electron chi connectivity index (χ3n) is 5.97. The van der Waals surface area contributed by atoms with Gasteiger partial charge < -0.3 is 15.2 Å². The van der Waals surface area contributed by atoms with Crippen LogP contribution < -0.4 is 5.73 Å². The van der Waals surface area contributed by atoms with Crippen LogP contribution in [-0.2, 0) is 27.1 Å². The van der Waals surface area contributed by atoms with Gasteiger partial charge in [0.25, 0.3) is 0 Å². The SMILES string of the molecule is CCOC(=O)C1=C(CSc2nc3c(cc2C#N)CCC3)OC(N)=C(C#N)[C@H]1c1ccccc1C. The van der Waals surface area contributed by atoms with E-state index in [2.05, 4.69) is 12.1 Å². The molecule has 2 aliphatic rings. The first-order valence-corrected chi connectivity index (χ1v) is 12.1. The quantitative estimate of drug-likeness (QED) is 0.491. The van der Waals surface area contributed by atoms with Gasteiger partial charge in [0.15, 0.2) is 0 Å². The largest absolute Gasteiger partial charge is 0.463 e. The Bertz CT molecular complexity index is 1300. The van der Waals surface area contributed by atoms with Crippen molar-refractivity contribution in [2.75, 3.05) is 12.4 Å². The smallest absolute Gasteiger partial charge is 0.338 e. The molecule has 0 spiro atoms. The second-order valence-electron chi connectivity index (χ2n) is 8.04. The van der Waals surface area contributed by atoms with Crippen LogP contribution in [0, 0.1) is 29.6 Å². The molecule has 2 heterocycles. The predicted octanol–water partition coefficient (Wildman–Crippen LogP) is 4.17. The van der Waals surface area contributed by atoms with Crippen molar-refractivity contribution in [2.24, 2.45) is 5.73 Å². The van der Waals surface area contributed by atoms with Crippen LogP contribution in [0.2, 0.25) is 0 Å². The number of aromatic nitrogens is 1. The minimum atomic E-state index is -0.710. The van der Waals surface area contributed by atoms with Crippen LogP contribution in [-0.4, -0.2) is 23.3 Å². The van der Waals surface area contributed by atoms with Gasteiger partial charge in [0.2, 0.25) is 5.88 Å². The van der Waals surface area contributed by atoms with E-state index in [-0.39, 0.29) is 29.4 Å². The Morgan fingerprint density at radius 2 is 2.09 bits per heavy atom. The van der Waals surface area contributed by atoms with Crippen LogP contribution in [0.25, 0.3) is 0 Å². The number of fused-ring (bicyclic) bond motifs is 1. The van der Waals surface area contributed by atoms with Crippen LogP contribution in [0.5, 0.6) is 0 Å². The Morgan fingerprint density at radius 3 is 2.79 bits per heavy atom. The minimum absolute atomic E-state index is 0.0400. The summed E-state index contributed by atoms with van der Waals surface area (Å²) in [6.45, 7) is 3.82. The summed E-state index contributed by atoms with van der Waals surface area (Å²) in [5.41, 5.74) is 10.9. The number of carbonyl (C=O) groups is 1. The highest BCUT2D eigenvalue weighted by atomic mass is 32.2. The zero-order valence-electron chi connectivity index (χ0n) is 19.1. The summed E-state index contributed by atoms with van der Waals surface area (Å²) in [4.78, 5) is 17.9. The van der Waals surface area contributed by atoms with E-state index in [1.165, 1.54) is 11.8 Å². The van der Waals surface area contributed by atoms with Crippen molar-refractivity contribution >= 4 is 17.7 Å². The van der Waals surface area contributed by atoms with E-state index in [0.29, 0.717) is 16.3 Å². The summed E-state index contributed by atoms with van der Waals surface area (Å²) in [5.74, 6) is -0.801. The number of nitrogens with zero attached hydrogens (tertiary/aromatic N) is 3. The zero-order valence-corrected chi connectivity index (χ0v) is 19.9. The lowest BCUT2D eigenvalue weighted by Gasteiger charge is -2.29. The van der Waals surface area contributed by atoms with E-state index in [0.717, 1.165) is 41.6 Å². The number of nitrogens with two attached hydrogens (primary N) is 1. The molecular formula is C26H24N4O3S. The number of hydrogen-bond donors (Lipinski definition) is 1. The first kappa shape index (κ1) is 23.4. The molecule has 2 N–H and O–H groups in total. The van der Waals surface area contributed by atoms with Crippen LogP contribution in [0.3, 0.4) is 0 Å². The van der Waals surface area contributed by atoms with Gasteiger partial charge in [-0.05, 0) is 55.9 Å². The van der Waals surface area contributed by atoms with Gasteiger partial charge in [-0.3, -0.25) is 0 Å². The lowest BCUT2D eigenvalue weighted by atomic mass is 9.81. The number of aryl methyl sites for hydroxylation is 3. The van der Waals surface area contributed by atoms with Gasteiger partial charge in [-0.25, -0.2) is 9.78 Å². The molecule has 0 amide bonds. The Hall–Kier alpha value is -3.75. The van der Waals surface area contributed by atoms with E-state index in [1.54, 1.807) is 6.92 Å². The number of pyridine rings is 1. The van der Waals surface area contributed by atoms with Crippen molar-refractivity contribution in [1.82, 2.24) is 4.98 Å². The molecular weight excluding hydrogens is 448 g/mol. The summed E-state index contributed by atoms with van der Waals surface area (Å²) in [5, 5.41) is 20.1. The Balaban J connectivity index is 1.78. The summed E-state index contributed by atoms with van der Waals surface area (Å²) >= 11 is 1.31. The molecule has 8 heteroatoms. The molecule has 172 valence electrons. The molecule has 1 aromatic heterocycles. The van der Waals surface area contributed by atoms with E-state index < -0.39 is 11.9 Å². The standard InChI is InChI=1S/C26H24N4O3S/c1-3-32-26(31)23-21(14-34-25-17(12-27)11-16-8-6-10-20(16)30-25)33-24(29)19(13-28)22(23)18-9-5-4-7-15(18)2/h4-5,7,9,11,22H,3,6,8,10,14,29H2,1-2H3/t22-/m1/s1. The van der Waals surface area contributed by atoms with E-state index >= 15 is 0 Å². The maximum absolute atomic E-state index is 13.1. The van der Waals surface area contributed by atoms with Crippen LogP contribution in [0.15, 0.2) is 58.1 Å². The first-order chi connectivity index (χ1) is 16.5. The number of hydrogen-bond acceptors (Lipinski definition) is 8. The molecule has 0 unspecified atom stereocenters. The highest BCUT2D eigenvalue weighted by molar-refractivity contribution is 7.99. The van der Waals surface area contributed by atoms with Crippen molar-refractivity contribution in [3.05, 3.63) is 81.1 Å². The van der Waals surface area contributed by atoms with Gasteiger partial charge in [0.05, 0.1) is 29.4 Å². The van der Waals surface area contributed by atoms with Gasteiger partial charge in [0, 0.05) is 5.69 Å². The number of esters is 1. The minimum Gasteiger partial charge on any atom is -0.463 e. The van der Waals surface area contributed by atoms with Gasteiger partial charge in [0.1, 0.15) is 28.5 Å². The molecule has 1 aliphatic heterocycles. The van der Waals surface area contributed by atoms with Gasteiger partial charge in [-0.15, -0.1) is 0 Å². The zero-order chi connectivity index (χ0) is 24.2. The fourth-order valence-electron chi connectivity index (χ4n) is 4.36. The number of carbonyl (C=O) groups excluding carboxylic acids is 1. The molecule has 0 radical (unpaired) electrons. The fraction of sp³-hybridized carbons (Fsp3) is 0.308. The normalized spacial score (nSPS) is 17.0.